The molecule has 2 aromatic rings. The number of aliphatic hydroxyl groups is 1. The van der Waals surface area contributed by atoms with E-state index in [0.29, 0.717) is 0 Å². The summed E-state index contributed by atoms with van der Waals surface area (Å²) in [6.45, 7) is 0. The normalized spacial score (nSPS) is 30.1. The summed E-state index contributed by atoms with van der Waals surface area (Å²) in [5, 5.41) is 10.6. The number of fused-ring (bicyclic) bond motifs is 2. The van der Waals surface area contributed by atoms with Crippen molar-refractivity contribution in [1.82, 2.24) is 0 Å². The van der Waals surface area contributed by atoms with Gasteiger partial charge >= 0.3 is 0 Å². The van der Waals surface area contributed by atoms with E-state index >= 15 is 0 Å². The molecule has 1 N–H and O–H groups in total. The molecule has 0 bridgehead atoms. The van der Waals surface area contributed by atoms with Gasteiger partial charge in [-0.05, 0) is 24.0 Å². The lowest BCUT2D eigenvalue weighted by molar-refractivity contribution is -0.308. The van der Waals surface area contributed by atoms with E-state index in [1.165, 1.54) is 0 Å². The molecule has 0 radical (unpaired) electrons. The van der Waals surface area contributed by atoms with Crippen molar-refractivity contribution >= 4 is 0 Å². The van der Waals surface area contributed by atoms with Gasteiger partial charge in [0.15, 0.2) is 0 Å². The Balaban J connectivity index is 1.69. The molecule has 1 aliphatic carbocycles. The van der Waals surface area contributed by atoms with Crippen LogP contribution in [0.2, 0.25) is 0 Å². The molecule has 24 heavy (non-hydrogen) atoms. The van der Waals surface area contributed by atoms with Gasteiger partial charge in [-0.15, -0.1) is 0 Å². The highest BCUT2D eigenvalue weighted by molar-refractivity contribution is 5.46. The van der Waals surface area contributed by atoms with Crippen LogP contribution in [0.15, 0.2) is 72.0 Å². The van der Waals surface area contributed by atoms with Gasteiger partial charge < -0.3 is 14.6 Å². The molecule has 0 unspecified atom stereocenters. The molecule has 2 heterocycles. The Labute approximate surface area is 141 Å². The molecule has 5 rings (SSSR count). The molecule has 1 saturated heterocycles. The van der Waals surface area contributed by atoms with Crippen LogP contribution < -0.4 is 0 Å². The summed E-state index contributed by atoms with van der Waals surface area (Å²) in [6.07, 6.45) is 2.00. The van der Waals surface area contributed by atoms with Gasteiger partial charge in [0, 0.05) is 12.0 Å². The molecule has 2 aliphatic heterocycles. The van der Waals surface area contributed by atoms with E-state index in [4.69, 9.17) is 9.47 Å². The number of hydrogen-bond acceptors (Lipinski definition) is 3. The Morgan fingerprint density at radius 1 is 0.917 bits per heavy atom. The van der Waals surface area contributed by atoms with Crippen LogP contribution >= 0.6 is 0 Å². The van der Waals surface area contributed by atoms with Crippen molar-refractivity contribution in [2.24, 2.45) is 5.92 Å². The number of benzene rings is 2. The highest BCUT2D eigenvalue weighted by atomic mass is 16.7. The molecule has 0 amide bonds. The number of ether oxygens (including phenoxy) is 2. The zero-order valence-corrected chi connectivity index (χ0v) is 13.4. The SMILES string of the molecule is O[C@H]1CCCC2=C1[C@H]1[C@@H](O2)OC1(c1ccccc1)c1ccccc1. The summed E-state index contributed by atoms with van der Waals surface area (Å²) < 4.78 is 12.4. The van der Waals surface area contributed by atoms with E-state index in [1.807, 2.05) is 36.4 Å². The van der Waals surface area contributed by atoms with Crippen molar-refractivity contribution in [3.05, 3.63) is 83.1 Å². The molecule has 3 atom stereocenters. The fourth-order valence-electron chi connectivity index (χ4n) is 4.52. The van der Waals surface area contributed by atoms with Gasteiger partial charge in [0.05, 0.1) is 12.0 Å². The molecular weight excluding hydrogens is 300 g/mol. The Morgan fingerprint density at radius 3 is 2.17 bits per heavy atom. The highest BCUT2D eigenvalue weighted by Gasteiger charge is 2.65. The maximum atomic E-state index is 10.6. The molecule has 3 heteroatoms. The summed E-state index contributed by atoms with van der Waals surface area (Å²) >= 11 is 0. The van der Waals surface area contributed by atoms with Crippen molar-refractivity contribution < 1.29 is 14.6 Å². The molecule has 0 saturated carbocycles. The van der Waals surface area contributed by atoms with Gasteiger partial charge in [-0.1, -0.05) is 60.7 Å². The van der Waals surface area contributed by atoms with E-state index in [2.05, 4.69) is 24.3 Å². The number of hydrogen-bond donors (Lipinski definition) is 1. The second-order valence-corrected chi connectivity index (χ2v) is 6.84. The van der Waals surface area contributed by atoms with Crippen molar-refractivity contribution in [1.29, 1.82) is 0 Å². The second-order valence-electron chi connectivity index (χ2n) is 6.84. The topological polar surface area (TPSA) is 38.7 Å². The summed E-state index contributed by atoms with van der Waals surface area (Å²) in [6, 6.07) is 20.6. The molecule has 0 spiro atoms. The summed E-state index contributed by atoms with van der Waals surface area (Å²) in [5.74, 6) is 1.00. The van der Waals surface area contributed by atoms with Crippen LogP contribution in [-0.2, 0) is 15.1 Å². The molecule has 1 fully saturated rings. The predicted octanol–water partition coefficient (Wildman–Crippen LogP) is 3.73. The fourth-order valence-corrected chi connectivity index (χ4v) is 4.52. The Kier molecular flexibility index (Phi) is 3.09. The average Bonchev–Trinajstić information content (AvgIpc) is 2.92. The van der Waals surface area contributed by atoms with Crippen molar-refractivity contribution in [3.63, 3.8) is 0 Å². The van der Waals surface area contributed by atoms with Gasteiger partial charge in [0.25, 0.3) is 0 Å². The second kappa shape index (κ2) is 5.20. The third-order valence-electron chi connectivity index (χ3n) is 5.57. The largest absolute Gasteiger partial charge is 0.468 e. The number of aliphatic hydroxyl groups excluding tert-OH is 1. The van der Waals surface area contributed by atoms with Crippen LogP contribution in [0.5, 0.6) is 0 Å². The Morgan fingerprint density at radius 2 is 1.54 bits per heavy atom. The smallest absolute Gasteiger partial charge is 0.210 e. The first kappa shape index (κ1) is 14.3. The minimum Gasteiger partial charge on any atom is -0.468 e. The molecule has 0 aromatic heterocycles. The Bertz CT molecular complexity index is 742. The standard InChI is InChI=1S/C21H20O3/c22-16-12-7-13-17-18(16)19-20(23-17)24-21(19,14-8-3-1-4-9-14)15-10-5-2-6-11-15/h1-6,8-11,16,19-20,22H,7,12-13H2/t16-,19-,20-/m0/s1. The molecule has 2 aromatic carbocycles. The van der Waals surface area contributed by atoms with Crippen LogP contribution in [0.1, 0.15) is 30.4 Å². The monoisotopic (exact) mass is 320 g/mol. The number of rotatable bonds is 2. The van der Waals surface area contributed by atoms with Gasteiger partial charge in [0.2, 0.25) is 6.29 Å². The van der Waals surface area contributed by atoms with Crippen LogP contribution in [0.25, 0.3) is 0 Å². The van der Waals surface area contributed by atoms with Crippen LogP contribution in [0, 0.1) is 5.92 Å². The average molecular weight is 320 g/mol. The Hall–Kier alpha value is -2.10. The van der Waals surface area contributed by atoms with Gasteiger partial charge in [-0.2, -0.15) is 0 Å². The molecule has 3 aliphatic rings. The lowest BCUT2D eigenvalue weighted by Crippen LogP contribution is -2.58. The summed E-state index contributed by atoms with van der Waals surface area (Å²) in [7, 11) is 0. The lowest BCUT2D eigenvalue weighted by atomic mass is 9.66. The predicted molar refractivity (Wildman–Crippen MR) is 90.0 cm³/mol. The van der Waals surface area contributed by atoms with Gasteiger partial charge in [0.1, 0.15) is 11.4 Å². The maximum Gasteiger partial charge on any atom is 0.210 e. The minimum absolute atomic E-state index is 0.0487. The van der Waals surface area contributed by atoms with E-state index in [1.54, 1.807) is 0 Å². The minimum atomic E-state index is -0.567. The highest BCUT2D eigenvalue weighted by Crippen LogP contribution is 2.60. The molecule has 122 valence electrons. The summed E-state index contributed by atoms with van der Waals surface area (Å²) in [5.41, 5.74) is 2.73. The first-order valence-corrected chi connectivity index (χ1v) is 8.67. The van der Waals surface area contributed by atoms with Crippen molar-refractivity contribution in [2.45, 2.75) is 37.3 Å². The third kappa shape index (κ3) is 1.80. The van der Waals surface area contributed by atoms with Gasteiger partial charge in [-0.3, -0.25) is 0 Å². The van der Waals surface area contributed by atoms with E-state index < -0.39 is 11.7 Å². The lowest BCUT2D eigenvalue weighted by Gasteiger charge is -2.52. The van der Waals surface area contributed by atoms with Crippen LogP contribution in [0.3, 0.4) is 0 Å². The summed E-state index contributed by atoms with van der Waals surface area (Å²) in [4.78, 5) is 0. The van der Waals surface area contributed by atoms with E-state index in [-0.39, 0.29) is 12.2 Å². The van der Waals surface area contributed by atoms with Crippen molar-refractivity contribution in [3.8, 4) is 0 Å². The molecule has 3 nitrogen and oxygen atoms in total. The molecular formula is C21H20O3. The van der Waals surface area contributed by atoms with Crippen molar-refractivity contribution in [2.75, 3.05) is 0 Å². The number of allylic oxidation sites excluding steroid dienone is 1. The van der Waals surface area contributed by atoms with E-state index in [0.717, 1.165) is 41.7 Å². The first-order chi connectivity index (χ1) is 11.8. The first-order valence-electron chi connectivity index (χ1n) is 8.67. The zero-order valence-electron chi connectivity index (χ0n) is 13.4. The third-order valence-corrected chi connectivity index (χ3v) is 5.57. The fraction of sp³-hybridized carbons (Fsp3) is 0.333. The van der Waals surface area contributed by atoms with Gasteiger partial charge in [-0.25, -0.2) is 0 Å². The zero-order chi connectivity index (χ0) is 16.1. The van der Waals surface area contributed by atoms with Crippen LogP contribution in [0.4, 0.5) is 0 Å². The maximum absolute atomic E-state index is 10.6. The van der Waals surface area contributed by atoms with E-state index in [9.17, 15) is 5.11 Å². The van der Waals surface area contributed by atoms with Crippen LogP contribution in [-0.4, -0.2) is 17.5 Å². The quantitative estimate of drug-likeness (QED) is 0.916.